The minimum absolute atomic E-state index is 0.0840. The van der Waals surface area contributed by atoms with Crippen LogP contribution in [0, 0.1) is 0 Å². The number of ether oxygens (including phenoxy) is 8. The van der Waals surface area contributed by atoms with E-state index in [2.05, 4.69) is 10.5 Å². The van der Waals surface area contributed by atoms with Gasteiger partial charge in [0.2, 0.25) is 0 Å². The lowest BCUT2D eigenvalue weighted by Crippen LogP contribution is -2.62. The van der Waals surface area contributed by atoms with E-state index >= 15 is 0 Å². The molecule has 1 N–H and O–H groups in total. The summed E-state index contributed by atoms with van der Waals surface area (Å²) in [6.07, 6.45) is -7.30. The molecule has 0 radical (unpaired) electrons. The van der Waals surface area contributed by atoms with E-state index in [1.54, 1.807) is 41.5 Å². The summed E-state index contributed by atoms with van der Waals surface area (Å²) in [4.78, 5) is 72.8. The molecule has 17 nitrogen and oxygen atoms in total. The zero-order valence-electron chi connectivity index (χ0n) is 28.9. The maximum Gasteiger partial charge on any atom is 0.408 e. The van der Waals surface area contributed by atoms with Crippen molar-refractivity contribution in [1.82, 2.24) is 10.5 Å². The topological polar surface area (TPSA) is 214 Å². The average Bonchev–Trinajstić information content (AvgIpc) is 3.36. The number of aromatic nitrogens is 1. The van der Waals surface area contributed by atoms with Crippen molar-refractivity contribution in [1.29, 1.82) is 0 Å². The van der Waals surface area contributed by atoms with Crippen LogP contribution in [0.1, 0.15) is 87.1 Å². The highest BCUT2D eigenvalue weighted by Crippen LogP contribution is 2.30. The van der Waals surface area contributed by atoms with Crippen LogP contribution in [-0.4, -0.2) is 95.7 Å². The molecule has 0 unspecified atom stereocenters. The van der Waals surface area contributed by atoms with Crippen LogP contribution in [0.15, 0.2) is 10.6 Å². The maximum absolute atomic E-state index is 12.9. The van der Waals surface area contributed by atoms with Crippen molar-refractivity contribution in [2.24, 2.45) is 0 Å². The number of alkyl carbamates (subject to hydrolysis) is 1. The molecule has 1 fully saturated rings. The normalized spacial score (nSPS) is 21.7. The van der Waals surface area contributed by atoms with Crippen LogP contribution in [0.5, 0.6) is 0 Å². The molecule has 270 valence electrons. The van der Waals surface area contributed by atoms with Gasteiger partial charge in [0, 0.05) is 33.8 Å². The largest absolute Gasteiger partial charge is 0.463 e. The first-order valence-electron chi connectivity index (χ1n) is 15.2. The van der Waals surface area contributed by atoms with Gasteiger partial charge in [-0.1, -0.05) is 5.16 Å². The molecule has 1 aliphatic heterocycles. The molecule has 17 heteroatoms. The summed E-state index contributed by atoms with van der Waals surface area (Å²) >= 11 is 0. The number of carbonyl (C=O) groups is 6. The first-order chi connectivity index (χ1) is 22.1. The molecule has 0 aliphatic carbocycles. The molecular weight excluding hydrogens is 640 g/mol. The molecule has 1 aromatic heterocycles. The number of nitrogens with one attached hydrogen (secondary N) is 1. The number of hydrogen-bond donors (Lipinski definition) is 1. The highest BCUT2D eigenvalue weighted by molar-refractivity contribution is 5.81. The first kappa shape index (κ1) is 39.9. The van der Waals surface area contributed by atoms with Gasteiger partial charge in [0.25, 0.3) is 0 Å². The quantitative estimate of drug-likeness (QED) is 0.233. The third-order valence-corrected chi connectivity index (χ3v) is 6.02. The zero-order chi connectivity index (χ0) is 36.4. The fourth-order valence-electron chi connectivity index (χ4n) is 4.39. The summed E-state index contributed by atoms with van der Waals surface area (Å²) < 4.78 is 49.1. The summed E-state index contributed by atoms with van der Waals surface area (Å²) in [6, 6.07) is 0.471. The highest BCUT2D eigenvalue weighted by atomic mass is 16.7. The monoisotopic (exact) mass is 686 g/mol. The zero-order valence-corrected chi connectivity index (χ0v) is 28.9. The molecule has 48 heavy (non-hydrogen) atoms. The number of nitrogens with zero attached hydrogens (tertiary/aromatic N) is 1. The molecule has 1 aromatic rings. The van der Waals surface area contributed by atoms with E-state index in [-0.39, 0.29) is 25.2 Å². The van der Waals surface area contributed by atoms with E-state index in [4.69, 9.17) is 42.4 Å². The third kappa shape index (κ3) is 14.3. The second-order valence-electron chi connectivity index (χ2n) is 12.9. The van der Waals surface area contributed by atoms with Gasteiger partial charge >= 0.3 is 35.9 Å². The van der Waals surface area contributed by atoms with Crippen LogP contribution >= 0.6 is 0 Å². The SMILES string of the molecule is CC(=O)OC[C@H]1O[C@H](OCc2cc(CC[C@H](NC(=O)OC(C)(C)C)C(=O)OC(C)(C)C)no2)[C@@H](OC(C)=O)[C@@H](OC(C)=O)[C@@H]1OC(C)=O. The van der Waals surface area contributed by atoms with Crippen molar-refractivity contribution in [3.63, 3.8) is 0 Å². The Kier molecular flexibility index (Phi) is 14.3. The van der Waals surface area contributed by atoms with Gasteiger partial charge in [-0.3, -0.25) is 19.2 Å². The molecule has 1 amide bonds. The predicted octanol–water partition coefficient (Wildman–Crippen LogP) is 2.44. The lowest BCUT2D eigenvalue weighted by atomic mass is 9.98. The number of aryl methyl sites for hydroxylation is 1. The number of rotatable bonds is 13. The Morgan fingerprint density at radius 1 is 0.812 bits per heavy atom. The van der Waals surface area contributed by atoms with Gasteiger partial charge < -0.3 is 47.7 Å². The van der Waals surface area contributed by atoms with Gasteiger partial charge in [0.15, 0.2) is 30.4 Å². The number of esters is 5. The van der Waals surface area contributed by atoms with Gasteiger partial charge in [0.05, 0.1) is 5.69 Å². The molecule has 2 rings (SSSR count). The Morgan fingerprint density at radius 3 is 1.92 bits per heavy atom. The molecule has 2 heterocycles. The van der Waals surface area contributed by atoms with Crippen LogP contribution in [-0.2, 0) is 74.9 Å². The van der Waals surface area contributed by atoms with Crippen LogP contribution in [0.3, 0.4) is 0 Å². The van der Waals surface area contributed by atoms with E-state index in [1.165, 1.54) is 6.07 Å². The second-order valence-corrected chi connectivity index (χ2v) is 12.9. The summed E-state index contributed by atoms with van der Waals surface area (Å²) in [6.45, 7) is 13.9. The summed E-state index contributed by atoms with van der Waals surface area (Å²) in [5.41, 5.74) is -1.20. The lowest BCUT2D eigenvalue weighted by molar-refractivity contribution is -0.311. The Bertz CT molecular complexity index is 1300. The van der Waals surface area contributed by atoms with E-state index < -0.39 is 90.5 Å². The molecule has 0 saturated carbocycles. The summed E-state index contributed by atoms with van der Waals surface area (Å²) in [7, 11) is 0. The van der Waals surface area contributed by atoms with Gasteiger partial charge in [0.1, 0.15) is 36.6 Å². The number of hydrogen-bond acceptors (Lipinski definition) is 16. The average molecular weight is 687 g/mol. The Balaban J connectivity index is 2.23. The maximum atomic E-state index is 12.9. The Morgan fingerprint density at radius 2 is 1.38 bits per heavy atom. The van der Waals surface area contributed by atoms with Crippen molar-refractivity contribution < 1.29 is 71.2 Å². The Hall–Kier alpha value is -4.25. The third-order valence-electron chi connectivity index (χ3n) is 6.02. The molecule has 6 atom stereocenters. The number of amides is 1. The predicted molar refractivity (Wildman–Crippen MR) is 161 cm³/mol. The van der Waals surface area contributed by atoms with E-state index in [9.17, 15) is 28.8 Å². The lowest BCUT2D eigenvalue weighted by Gasteiger charge is -2.43. The smallest absolute Gasteiger partial charge is 0.408 e. The number of carbonyl (C=O) groups excluding carboxylic acids is 6. The minimum Gasteiger partial charge on any atom is -0.463 e. The molecular formula is C31H46N2O15. The van der Waals surface area contributed by atoms with Gasteiger partial charge in [-0.25, -0.2) is 9.59 Å². The minimum atomic E-state index is -1.42. The van der Waals surface area contributed by atoms with E-state index in [0.717, 1.165) is 27.7 Å². The molecule has 0 bridgehead atoms. The summed E-state index contributed by atoms with van der Waals surface area (Å²) in [5, 5.41) is 6.53. The molecule has 1 saturated heterocycles. The van der Waals surface area contributed by atoms with Crippen molar-refractivity contribution in [2.45, 2.75) is 137 Å². The van der Waals surface area contributed by atoms with Crippen molar-refractivity contribution in [2.75, 3.05) is 6.61 Å². The summed E-state index contributed by atoms with van der Waals surface area (Å²) in [5.74, 6) is -3.47. The highest BCUT2D eigenvalue weighted by Gasteiger charge is 2.52. The van der Waals surface area contributed by atoms with Crippen LogP contribution in [0.2, 0.25) is 0 Å². The van der Waals surface area contributed by atoms with Crippen LogP contribution in [0.25, 0.3) is 0 Å². The van der Waals surface area contributed by atoms with Gasteiger partial charge in [-0.15, -0.1) is 0 Å². The van der Waals surface area contributed by atoms with Crippen LogP contribution in [0.4, 0.5) is 4.79 Å². The van der Waals surface area contributed by atoms with Crippen molar-refractivity contribution >= 4 is 35.9 Å². The molecule has 0 aromatic carbocycles. The van der Waals surface area contributed by atoms with Gasteiger partial charge in [-0.2, -0.15) is 0 Å². The van der Waals surface area contributed by atoms with Crippen molar-refractivity contribution in [3.05, 3.63) is 17.5 Å². The molecule has 1 aliphatic rings. The Labute approximate surface area is 278 Å². The van der Waals surface area contributed by atoms with E-state index in [0.29, 0.717) is 5.69 Å². The fraction of sp³-hybridized carbons (Fsp3) is 0.710. The van der Waals surface area contributed by atoms with Crippen molar-refractivity contribution in [3.8, 4) is 0 Å². The van der Waals surface area contributed by atoms with Crippen LogP contribution < -0.4 is 5.32 Å². The standard InChI is InChI=1S/C31H46N2O15/c1-16(34)40-15-23-24(42-17(2)35)25(43-18(3)36)26(44-19(4)37)28(45-23)41-14-21-13-20(33-48-21)11-12-22(27(38)46-30(5,6)7)32-29(39)47-31(8,9)10/h13,22-26,28H,11-12,14-15H2,1-10H3,(H,32,39)/t22-,23+,24+,25-,26-,28-/m0/s1. The van der Waals surface area contributed by atoms with Gasteiger partial charge in [-0.05, 0) is 54.4 Å². The first-order valence-corrected chi connectivity index (χ1v) is 15.2. The van der Waals surface area contributed by atoms with E-state index in [1.807, 2.05) is 0 Å². The fourth-order valence-corrected chi connectivity index (χ4v) is 4.39. The second kappa shape index (κ2) is 17.2. The molecule has 0 spiro atoms.